The summed E-state index contributed by atoms with van der Waals surface area (Å²) >= 11 is 0. The lowest BCUT2D eigenvalue weighted by Gasteiger charge is -2.30. The van der Waals surface area contributed by atoms with Gasteiger partial charge in [-0.1, -0.05) is 13.3 Å². The number of aliphatic carboxylic acids is 1. The molecule has 0 amide bonds. The van der Waals surface area contributed by atoms with Crippen molar-refractivity contribution in [1.29, 1.82) is 0 Å². The molecule has 0 bridgehead atoms. The van der Waals surface area contributed by atoms with Gasteiger partial charge >= 0.3 is 5.97 Å². The molecule has 3 heteroatoms. The van der Waals surface area contributed by atoms with Gasteiger partial charge in [0.2, 0.25) is 0 Å². The Bertz CT molecular complexity index is 145. The Morgan fingerprint density at radius 2 is 1.47 bits per heavy atom. The monoisotopic (exact) mass is 218 g/mol. The van der Waals surface area contributed by atoms with Crippen LogP contribution in [0.3, 0.4) is 0 Å². The summed E-state index contributed by atoms with van der Waals surface area (Å²) in [5.74, 6) is -0.693. The van der Waals surface area contributed by atoms with E-state index in [2.05, 4.69) is 27.8 Å². The SMILES string of the molecule is CCCCC(=O)O.CC[N+](C)(CC)CC. The molecule has 0 aliphatic heterocycles. The molecule has 3 nitrogen and oxygen atoms in total. The molecule has 0 aromatic rings. The standard InChI is InChI=1S/C7H18N.C5H10O2/c1-5-8(4,6-2)7-3;1-2-3-4-5(6)7/h5-7H2,1-4H3;2-4H2,1H3,(H,6,7)/q+1;. The Morgan fingerprint density at radius 1 is 1.07 bits per heavy atom. The maximum absolute atomic E-state index is 9.76. The predicted molar refractivity (Wildman–Crippen MR) is 65.0 cm³/mol. The highest BCUT2D eigenvalue weighted by Gasteiger charge is 2.10. The minimum absolute atomic E-state index is 0.316. The van der Waals surface area contributed by atoms with E-state index in [1.165, 1.54) is 24.1 Å². The lowest BCUT2D eigenvalue weighted by Crippen LogP contribution is -2.42. The topological polar surface area (TPSA) is 37.3 Å². The Hall–Kier alpha value is -0.570. The summed E-state index contributed by atoms with van der Waals surface area (Å²) in [7, 11) is 2.29. The average Bonchev–Trinajstić information content (AvgIpc) is 2.26. The summed E-state index contributed by atoms with van der Waals surface area (Å²) < 4.78 is 1.21. The zero-order chi connectivity index (χ0) is 12.3. The molecule has 0 rings (SSSR count). The zero-order valence-corrected chi connectivity index (χ0v) is 11.0. The second-order valence-corrected chi connectivity index (χ2v) is 4.07. The summed E-state index contributed by atoms with van der Waals surface area (Å²) in [4.78, 5) is 9.76. The van der Waals surface area contributed by atoms with Crippen LogP contribution in [0.15, 0.2) is 0 Å². The van der Waals surface area contributed by atoms with Gasteiger partial charge in [-0.05, 0) is 27.2 Å². The van der Waals surface area contributed by atoms with Crippen LogP contribution in [-0.4, -0.2) is 42.2 Å². The first-order valence-electron chi connectivity index (χ1n) is 6.01. The minimum Gasteiger partial charge on any atom is -0.481 e. The van der Waals surface area contributed by atoms with Crippen LogP contribution < -0.4 is 0 Å². The second-order valence-electron chi connectivity index (χ2n) is 4.07. The maximum atomic E-state index is 9.76. The van der Waals surface area contributed by atoms with Crippen molar-refractivity contribution in [3.05, 3.63) is 0 Å². The molecular formula is C12H28NO2+. The van der Waals surface area contributed by atoms with Crippen molar-refractivity contribution < 1.29 is 14.4 Å². The normalized spacial score (nSPS) is 10.5. The molecule has 92 valence electrons. The molecule has 15 heavy (non-hydrogen) atoms. The van der Waals surface area contributed by atoms with Crippen LogP contribution >= 0.6 is 0 Å². The van der Waals surface area contributed by atoms with E-state index in [-0.39, 0.29) is 0 Å². The van der Waals surface area contributed by atoms with Crippen LogP contribution in [0.4, 0.5) is 0 Å². The molecule has 0 fully saturated rings. The van der Waals surface area contributed by atoms with Crippen LogP contribution in [-0.2, 0) is 4.79 Å². The average molecular weight is 218 g/mol. The molecule has 1 N–H and O–H groups in total. The summed E-state index contributed by atoms with van der Waals surface area (Å²) in [5.41, 5.74) is 0. The summed E-state index contributed by atoms with van der Waals surface area (Å²) in [6.45, 7) is 12.5. The Morgan fingerprint density at radius 3 is 1.53 bits per heavy atom. The number of hydrogen-bond donors (Lipinski definition) is 1. The molecule has 0 atom stereocenters. The van der Waals surface area contributed by atoms with Crippen molar-refractivity contribution in [3.8, 4) is 0 Å². The first-order chi connectivity index (χ1) is 6.95. The third-order valence-electron chi connectivity index (χ3n) is 3.03. The predicted octanol–water partition coefficient (Wildman–Crippen LogP) is 2.75. The van der Waals surface area contributed by atoms with Crippen molar-refractivity contribution in [2.24, 2.45) is 0 Å². The third-order valence-corrected chi connectivity index (χ3v) is 3.03. The van der Waals surface area contributed by atoms with E-state index >= 15 is 0 Å². The van der Waals surface area contributed by atoms with Gasteiger partial charge in [-0.2, -0.15) is 0 Å². The zero-order valence-electron chi connectivity index (χ0n) is 11.0. The van der Waals surface area contributed by atoms with Gasteiger partial charge in [0.25, 0.3) is 0 Å². The van der Waals surface area contributed by atoms with Gasteiger partial charge < -0.3 is 9.59 Å². The lowest BCUT2D eigenvalue weighted by molar-refractivity contribution is -0.904. The number of hydrogen-bond acceptors (Lipinski definition) is 1. The fraction of sp³-hybridized carbons (Fsp3) is 0.917. The molecule has 0 unspecified atom stereocenters. The Kier molecular flexibility index (Phi) is 11.2. The molecule has 0 spiro atoms. The molecule has 0 saturated heterocycles. The minimum atomic E-state index is -0.693. The van der Waals surface area contributed by atoms with Gasteiger partial charge in [-0.15, -0.1) is 0 Å². The molecule has 0 saturated carbocycles. The number of carboxylic acid groups (broad SMARTS) is 1. The lowest BCUT2D eigenvalue weighted by atomic mass is 10.3. The molecule has 0 aromatic carbocycles. The summed E-state index contributed by atoms with van der Waals surface area (Å²) in [5, 5.41) is 8.04. The van der Waals surface area contributed by atoms with E-state index in [1.54, 1.807) is 0 Å². The van der Waals surface area contributed by atoms with Gasteiger partial charge in [0.1, 0.15) is 0 Å². The molecular weight excluding hydrogens is 190 g/mol. The number of carboxylic acids is 1. The molecule has 0 radical (unpaired) electrons. The highest BCUT2D eigenvalue weighted by atomic mass is 16.4. The smallest absolute Gasteiger partial charge is 0.303 e. The number of rotatable bonds is 6. The second kappa shape index (κ2) is 9.97. The van der Waals surface area contributed by atoms with Gasteiger partial charge in [-0.3, -0.25) is 4.79 Å². The van der Waals surface area contributed by atoms with Crippen molar-refractivity contribution in [2.45, 2.75) is 47.0 Å². The molecule has 0 aliphatic rings. The first kappa shape index (κ1) is 16.8. The largest absolute Gasteiger partial charge is 0.481 e. The van der Waals surface area contributed by atoms with E-state index in [1.807, 2.05) is 6.92 Å². The molecule has 0 aliphatic carbocycles. The van der Waals surface area contributed by atoms with Crippen LogP contribution in [0.5, 0.6) is 0 Å². The van der Waals surface area contributed by atoms with Gasteiger partial charge in [0.05, 0.1) is 26.7 Å². The fourth-order valence-corrected chi connectivity index (χ4v) is 0.999. The maximum Gasteiger partial charge on any atom is 0.303 e. The van der Waals surface area contributed by atoms with E-state index in [4.69, 9.17) is 5.11 Å². The Labute approximate surface area is 94.7 Å². The van der Waals surface area contributed by atoms with E-state index in [0.29, 0.717) is 6.42 Å². The summed E-state index contributed by atoms with van der Waals surface area (Å²) in [6.07, 6.45) is 2.08. The van der Waals surface area contributed by atoms with Crippen LogP contribution in [0, 0.1) is 0 Å². The highest BCUT2D eigenvalue weighted by molar-refractivity contribution is 5.66. The fourth-order valence-electron chi connectivity index (χ4n) is 0.999. The number of carbonyl (C=O) groups is 1. The number of nitrogens with zero attached hydrogens (tertiary/aromatic N) is 1. The van der Waals surface area contributed by atoms with Crippen LogP contribution in [0.1, 0.15) is 47.0 Å². The Balaban J connectivity index is 0. The molecule has 0 aromatic heterocycles. The van der Waals surface area contributed by atoms with Crippen molar-refractivity contribution in [2.75, 3.05) is 26.7 Å². The van der Waals surface area contributed by atoms with Gasteiger partial charge in [0.15, 0.2) is 0 Å². The van der Waals surface area contributed by atoms with Crippen molar-refractivity contribution in [3.63, 3.8) is 0 Å². The van der Waals surface area contributed by atoms with E-state index < -0.39 is 5.97 Å². The highest BCUT2D eigenvalue weighted by Crippen LogP contribution is 1.97. The van der Waals surface area contributed by atoms with Crippen LogP contribution in [0.2, 0.25) is 0 Å². The summed E-state index contributed by atoms with van der Waals surface area (Å²) in [6, 6.07) is 0. The van der Waals surface area contributed by atoms with Gasteiger partial charge in [-0.25, -0.2) is 0 Å². The first-order valence-corrected chi connectivity index (χ1v) is 6.01. The number of unbranched alkanes of at least 4 members (excludes halogenated alkanes) is 1. The number of quaternary nitrogens is 1. The third kappa shape index (κ3) is 11.4. The molecule has 0 heterocycles. The van der Waals surface area contributed by atoms with Crippen molar-refractivity contribution >= 4 is 5.97 Å². The van der Waals surface area contributed by atoms with E-state index in [0.717, 1.165) is 12.8 Å². The van der Waals surface area contributed by atoms with Crippen LogP contribution in [0.25, 0.3) is 0 Å². The van der Waals surface area contributed by atoms with Gasteiger partial charge in [0, 0.05) is 6.42 Å². The quantitative estimate of drug-likeness (QED) is 0.696. The van der Waals surface area contributed by atoms with Crippen molar-refractivity contribution in [1.82, 2.24) is 0 Å². The van der Waals surface area contributed by atoms with E-state index in [9.17, 15) is 4.79 Å².